The number of esters is 1. The van der Waals surface area contributed by atoms with Gasteiger partial charge in [0.1, 0.15) is 5.60 Å². The van der Waals surface area contributed by atoms with Crippen molar-refractivity contribution in [2.24, 2.45) is 5.92 Å². The lowest BCUT2D eigenvalue weighted by Gasteiger charge is -2.33. The Kier molecular flexibility index (Phi) is 6.85. The SMILES string of the molecule is CC(C)(C)OC(=O)N1CCC(CCCOC(=O)c2ccccc2)CC1. The molecule has 0 radical (unpaired) electrons. The molecule has 0 aliphatic carbocycles. The number of piperidine rings is 1. The zero-order valence-electron chi connectivity index (χ0n) is 15.5. The maximum absolute atomic E-state index is 12.0. The summed E-state index contributed by atoms with van der Waals surface area (Å²) in [4.78, 5) is 25.7. The molecule has 0 spiro atoms. The Bertz CT molecular complexity index is 557. The van der Waals surface area contributed by atoms with Gasteiger partial charge in [0.25, 0.3) is 0 Å². The molecule has 138 valence electrons. The average molecular weight is 347 g/mol. The molecule has 0 bridgehead atoms. The fraction of sp³-hybridized carbons (Fsp3) is 0.600. The van der Waals surface area contributed by atoms with E-state index < -0.39 is 5.60 Å². The fourth-order valence-corrected chi connectivity index (χ4v) is 2.93. The number of rotatable bonds is 5. The Hall–Kier alpha value is -2.04. The molecule has 1 aromatic carbocycles. The van der Waals surface area contributed by atoms with Gasteiger partial charge < -0.3 is 14.4 Å². The van der Waals surface area contributed by atoms with Crippen LogP contribution in [0.15, 0.2) is 30.3 Å². The van der Waals surface area contributed by atoms with Crippen LogP contribution in [0.1, 0.15) is 56.8 Å². The van der Waals surface area contributed by atoms with Crippen molar-refractivity contribution in [3.8, 4) is 0 Å². The maximum Gasteiger partial charge on any atom is 0.410 e. The van der Waals surface area contributed by atoms with Crippen LogP contribution in [0.25, 0.3) is 0 Å². The molecule has 1 fully saturated rings. The molecular formula is C20H29NO4. The van der Waals surface area contributed by atoms with Gasteiger partial charge in [0, 0.05) is 13.1 Å². The molecule has 1 heterocycles. The number of amides is 1. The monoisotopic (exact) mass is 347 g/mol. The van der Waals surface area contributed by atoms with Crippen LogP contribution in [0, 0.1) is 5.92 Å². The first-order valence-electron chi connectivity index (χ1n) is 9.05. The second-order valence-electron chi connectivity index (χ2n) is 7.55. The first-order valence-corrected chi connectivity index (χ1v) is 9.05. The molecule has 0 atom stereocenters. The molecule has 0 saturated carbocycles. The van der Waals surface area contributed by atoms with Crippen molar-refractivity contribution in [2.45, 2.75) is 52.1 Å². The number of nitrogens with zero attached hydrogens (tertiary/aromatic N) is 1. The lowest BCUT2D eigenvalue weighted by Crippen LogP contribution is -2.41. The van der Waals surface area contributed by atoms with Crippen LogP contribution in [-0.2, 0) is 9.47 Å². The highest BCUT2D eigenvalue weighted by molar-refractivity contribution is 5.89. The van der Waals surface area contributed by atoms with Crippen molar-refractivity contribution in [3.05, 3.63) is 35.9 Å². The molecule has 1 aliphatic heterocycles. The predicted octanol–water partition coefficient (Wildman–Crippen LogP) is 4.27. The van der Waals surface area contributed by atoms with Gasteiger partial charge >= 0.3 is 12.1 Å². The Morgan fingerprint density at radius 2 is 1.76 bits per heavy atom. The number of hydrogen-bond acceptors (Lipinski definition) is 4. The Morgan fingerprint density at radius 1 is 1.12 bits per heavy atom. The van der Waals surface area contributed by atoms with Gasteiger partial charge in [0.2, 0.25) is 0 Å². The van der Waals surface area contributed by atoms with E-state index >= 15 is 0 Å². The third-order valence-corrected chi connectivity index (χ3v) is 4.27. The van der Waals surface area contributed by atoms with E-state index in [0.717, 1.165) is 38.8 Å². The zero-order chi connectivity index (χ0) is 18.3. The number of benzene rings is 1. The fourth-order valence-electron chi connectivity index (χ4n) is 2.93. The van der Waals surface area contributed by atoms with E-state index in [2.05, 4.69) is 0 Å². The topological polar surface area (TPSA) is 55.8 Å². The van der Waals surface area contributed by atoms with Crippen LogP contribution in [-0.4, -0.2) is 42.3 Å². The molecule has 5 heteroatoms. The minimum atomic E-state index is -0.448. The third kappa shape index (κ3) is 6.77. The molecule has 0 N–H and O–H groups in total. The first kappa shape index (κ1) is 19.3. The molecule has 0 aromatic heterocycles. The van der Waals surface area contributed by atoms with Gasteiger partial charge in [-0.25, -0.2) is 9.59 Å². The van der Waals surface area contributed by atoms with Gasteiger partial charge in [0.15, 0.2) is 0 Å². The third-order valence-electron chi connectivity index (χ3n) is 4.27. The summed E-state index contributed by atoms with van der Waals surface area (Å²) in [6.07, 6.45) is 3.61. The highest BCUT2D eigenvalue weighted by Gasteiger charge is 2.26. The number of hydrogen-bond donors (Lipinski definition) is 0. The standard InChI is InChI=1S/C20H29NO4/c1-20(2,3)25-19(23)21-13-11-16(12-14-21)8-7-15-24-18(22)17-9-5-4-6-10-17/h4-6,9-10,16H,7-8,11-15H2,1-3H3. The van der Waals surface area contributed by atoms with E-state index in [0.29, 0.717) is 18.1 Å². The Balaban J connectivity index is 1.61. The number of likely N-dealkylation sites (tertiary alicyclic amines) is 1. The molecule has 2 rings (SSSR count). The van der Waals surface area contributed by atoms with Gasteiger partial charge in [-0.15, -0.1) is 0 Å². The highest BCUT2D eigenvalue weighted by Crippen LogP contribution is 2.23. The summed E-state index contributed by atoms with van der Waals surface area (Å²) in [7, 11) is 0. The molecular weight excluding hydrogens is 318 g/mol. The van der Waals surface area contributed by atoms with Crippen molar-refractivity contribution in [1.29, 1.82) is 0 Å². The molecule has 1 amide bonds. The van der Waals surface area contributed by atoms with E-state index in [1.807, 2.05) is 39.0 Å². The summed E-state index contributed by atoms with van der Waals surface area (Å²) in [5, 5.41) is 0. The first-order chi connectivity index (χ1) is 11.8. The Labute approximate surface area is 150 Å². The summed E-state index contributed by atoms with van der Waals surface area (Å²) >= 11 is 0. The van der Waals surface area contributed by atoms with Crippen LogP contribution in [0.4, 0.5) is 4.79 Å². The van der Waals surface area contributed by atoms with Crippen molar-refractivity contribution >= 4 is 12.1 Å². The van der Waals surface area contributed by atoms with Gasteiger partial charge in [-0.05, 0) is 64.5 Å². The Morgan fingerprint density at radius 3 is 2.36 bits per heavy atom. The maximum atomic E-state index is 12.0. The summed E-state index contributed by atoms with van der Waals surface area (Å²) in [6.45, 7) is 7.57. The quantitative estimate of drug-likeness (QED) is 0.589. The van der Waals surface area contributed by atoms with Crippen LogP contribution in [0.5, 0.6) is 0 Å². The predicted molar refractivity (Wildman–Crippen MR) is 96.5 cm³/mol. The van der Waals surface area contributed by atoms with Crippen molar-refractivity contribution in [1.82, 2.24) is 4.90 Å². The largest absolute Gasteiger partial charge is 0.462 e. The molecule has 1 aromatic rings. The smallest absolute Gasteiger partial charge is 0.410 e. The second kappa shape index (κ2) is 8.88. The van der Waals surface area contributed by atoms with Crippen molar-refractivity contribution < 1.29 is 19.1 Å². The molecule has 0 unspecified atom stereocenters. The van der Waals surface area contributed by atoms with E-state index in [4.69, 9.17) is 9.47 Å². The van der Waals surface area contributed by atoms with Gasteiger partial charge in [-0.2, -0.15) is 0 Å². The van der Waals surface area contributed by atoms with Crippen LogP contribution in [0.3, 0.4) is 0 Å². The average Bonchev–Trinajstić information content (AvgIpc) is 2.58. The van der Waals surface area contributed by atoms with E-state index in [1.165, 1.54) is 0 Å². The van der Waals surface area contributed by atoms with E-state index in [-0.39, 0.29) is 12.1 Å². The molecule has 25 heavy (non-hydrogen) atoms. The number of ether oxygens (including phenoxy) is 2. The highest BCUT2D eigenvalue weighted by atomic mass is 16.6. The lowest BCUT2D eigenvalue weighted by molar-refractivity contribution is 0.0174. The minimum absolute atomic E-state index is 0.220. The summed E-state index contributed by atoms with van der Waals surface area (Å²) in [5.41, 5.74) is 0.143. The summed E-state index contributed by atoms with van der Waals surface area (Å²) in [5.74, 6) is 0.314. The zero-order valence-corrected chi connectivity index (χ0v) is 15.5. The summed E-state index contributed by atoms with van der Waals surface area (Å²) in [6, 6.07) is 9.05. The van der Waals surface area contributed by atoms with Crippen molar-refractivity contribution in [3.63, 3.8) is 0 Å². The molecule has 1 aliphatic rings. The number of carbonyl (C=O) groups is 2. The van der Waals surface area contributed by atoms with E-state index in [1.54, 1.807) is 17.0 Å². The van der Waals surface area contributed by atoms with Crippen LogP contribution in [0.2, 0.25) is 0 Å². The van der Waals surface area contributed by atoms with Crippen molar-refractivity contribution in [2.75, 3.05) is 19.7 Å². The molecule has 5 nitrogen and oxygen atoms in total. The molecule has 1 saturated heterocycles. The van der Waals surface area contributed by atoms with E-state index in [9.17, 15) is 9.59 Å². The van der Waals surface area contributed by atoms with Gasteiger partial charge in [-0.1, -0.05) is 18.2 Å². The second-order valence-corrected chi connectivity index (χ2v) is 7.55. The minimum Gasteiger partial charge on any atom is -0.462 e. The van der Waals surface area contributed by atoms with Gasteiger partial charge in [0.05, 0.1) is 12.2 Å². The normalized spacial score (nSPS) is 15.7. The summed E-state index contributed by atoms with van der Waals surface area (Å²) < 4.78 is 10.7. The lowest BCUT2D eigenvalue weighted by atomic mass is 9.92. The number of carbonyl (C=O) groups excluding carboxylic acids is 2. The van der Waals surface area contributed by atoms with Gasteiger partial charge in [-0.3, -0.25) is 0 Å². The van der Waals surface area contributed by atoms with Crippen LogP contribution >= 0.6 is 0 Å². The van der Waals surface area contributed by atoms with Crippen LogP contribution < -0.4 is 0 Å².